The molecule has 29 heavy (non-hydrogen) atoms. The van der Waals surface area contributed by atoms with E-state index in [2.05, 4.69) is 10.2 Å². The Morgan fingerprint density at radius 2 is 2.10 bits per heavy atom. The fourth-order valence-electron chi connectivity index (χ4n) is 3.00. The molecule has 0 atom stereocenters. The van der Waals surface area contributed by atoms with Crippen molar-refractivity contribution < 1.29 is 15.0 Å². The molecule has 0 saturated heterocycles. The van der Waals surface area contributed by atoms with Crippen molar-refractivity contribution in [2.24, 2.45) is 0 Å². The molecule has 0 spiro atoms. The van der Waals surface area contributed by atoms with Gasteiger partial charge in [0.1, 0.15) is 11.4 Å². The normalized spacial score (nSPS) is 10.8. The molecule has 0 bridgehead atoms. The molecule has 152 valence electrons. The van der Waals surface area contributed by atoms with Crippen LogP contribution in [0.2, 0.25) is 0 Å². The average Bonchev–Trinajstić information content (AvgIpc) is 3.17. The Hall–Kier alpha value is -3.46. The first-order chi connectivity index (χ1) is 14.0. The van der Waals surface area contributed by atoms with Crippen LogP contribution in [0.15, 0.2) is 53.7 Å². The summed E-state index contributed by atoms with van der Waals surface area (Å²) >= 11 is 0. The number of amides is 1. The number of rotatable bonds is 8. The summed E-state index contributed by atoms with van der Waals surface area (Å²) in [5.41, 5.74) is 2.19. The number of hydrogen-bond donors (Lipinski definition) is 2. The molecule has 0 unspecified atom stereocenters. The molecule has 3 rings (SSSR count). The Bertz CT molecular complexity index is 1040. The van der Waals surface area contributed by atoms with Gasteiger partial charge >= 0.3 is 6.09 Å². The first-order valence-corrected chi connectivity index (χ1v) is 9.33. The molecule has 0 aliphatic carbocycles. The van der Waals surface area contributed by atoms with Crippen LogP contribution in [-0.4, -0.2) is 49.0 Å². The molecule has 9 heteroatoms. The number of hydrogen-bond acceptors (Lipinski definition) is 5. The van der Waals surface area contributed by atoms with Gasteiger partial charge in [0.05, 0.1) is 25.5 Å². The minimum absolute atomic E-state index is 0.0221. The zero-order chi connectivity index (χ0) is 20.8. The second kappa shape index (κ2) is 9.16. The highest BCUT2D eigenvalue weighted by Gasteiger charge is 2.14. The van der Waals surface area contributed by atoms with Crippen molar-refractivity contribution >= 4 is 11.8 Å². The van der Waals surface area contributed by atoms with Crippen LogP contribution in [0.4, 0.5) is 10.5 Å². The Kier molecular flexibility index (Phi) is 6.40. The molecule has 0 radical (unpaired) electrons. The Morgan fingerprint density at radius 3 is 2.83 bits per heavy atom. The average molecular weight is 397 g/mol. The maximum absolute atomic E-state index is 12.3. The number of aliphatic hydroxyl groups excluding tert-OH is 1. The van der Waals surface area contributed by atoms with E-state index in [1.165, 1.54) is 11.0 Å². The highest BCUT2D eigenvalue weighted by molar-refractivity contribution is 5.86. The number of carboxylic acid groups (broad SMARTS) is 1. The van der Waals surface area contributed by atoms with Gasteiger partial charge in [-0.15, -0.1) is 0 Å². The van der Waals surface area contributed by atoms with Gasteiger partial charge in [0.15, 0.2) is 0 Å². The lowest BCUT2D eigenvalue weighted by molar-refractivity contribution is 0.202. The first kappa shape index (κ1) is 20.3. The molecule has 0 fully saturated rings. The molecule has 0 aliphatic rings. The summed E-state index contributed by atoms with van der Waals surface area (Å²) in [6.07, 6.45) is 4.86. The van der Waals surface area contributed by atoms with E-state index in [1.54, 1.807) is 46.2 Å². The smallest absolute Gasteiger partial charge is 0.411 e. The molecule has 2 aromatic heterocycles. The van der Waals surface area contributed by atoms with Crippen molar-refractivity contribution in [3.05, 3.63) is 70.4 Å². The standard InChI is InChI=1S/C20H23N5O4/c1-2-7-24(20(28)29)16-5-3-4-15(11-16)12-18-19(27)6-8-25(22-18)17-13-21-23(14-17)9-10-26/h3-6,8,11,13-14,26H,2,7,9-10,12H2,1H3,(H,28,29). The van der Waals surface area contributed by atoms with Gasteiger partial charge in [0.25, 0.3) is 0 Å². The number of aliphatic hydroxyl groups is 1. The van der Waals surface area contributed by atoms with Crippen LogP contribution in [0.25, 0.3) is 5.69 Å². The van der Waals surface area contributed by atoms with Gasteiger partial charge < -0.3 is 10.2 Å². The second-order valence-corrected chi connectivity index (χ2v) is 6.54. The van der Waals surface area contributed by atoms with Gasteiger partial charge in [-0.3, -0.25) is 14.4 Å². The molecule has 1 amide bonds. The molecule has 1 aromatic carbocycles. The SMILES string of the molecule is CCCN(C(=O)O)c1cccc(Cc2nn(-c3cnn(CCO)c3)ccc2=O)c1. The largest absolute Gasteiger partial charge is 0.465 e. The van der Waals surface area contributed by atoms with Crippen molar-refractivity contribution in [2.45, 2.75) is 26.3 Å². The predicted octanol–water partition coefficient (Wildman–Crippen LogP) is 1.91. The highest BCUT2D eigenvalue weighted by Crippen LogP contribution is 2.18. The summed E-state index contributed by atoms with van der Waals surface area (Å²) in [6, 6.07) is 8.56. The van der Waals surface area contributed by atoms with Crippen molar-refractivity contribution in [2.75, 3.05) is 18.1 Å². The Balaban J connectivity index is 1.87. The lowest BCUT2D eigenvalue weighted by Gasteiger charge is -2.19. The molecule has 3 aromatic rings. The van der Waals surface area contributed by atoms with Crippen molar-refractivity contribution in [1.29, 1.82) is 0 Å². The van der Waals surface area contributed by atoms with E-state index in [0.717, 1.165) is 5.56 Å². The lowest BCUT2D eigenvalue weighted by atomic mass is 10.1. The van der Waals surface area contributed by atoms with E-state index in [0.29, 0.717) is 36.6 Å². The van der Waals surface area contributed by atoms with E-state index >= 15 is 0 Å². The van der Waals surface area contributed by atoms with Gasteiger partial charge in [-0.1, -0.05) is 19.1 Å². The van der Waals surface area contributed by atoms with Crippen LogP contribution in [-0.2, 0) is 13.0 Å². The summed E-state index contributed by atoms with van der Waals surface area (Å²) in [5, 5.41) is 27.0. The third-order valence-electron chi connectivity index (χ3n) is 4.37. The fraction of sp³-hybridized carbons (Fsp3) is 0.300. The van der Waals surface area contributed by atoms with E-state index in [9.17, 15) is 14.7 Å². The quantitative estimate of drug-likeness (QED) is 0.600. The summed E-state index contributed by atoms with van der Waals surface area (Å²) < 4.78 is 3.15. The van der Waals surface area contributed by atoms with E-state index in [-0.39, 0.29) is 18.5 Å². The molecule has 9 nitrogen and oxygen atoms in total. The van der Waals surface area contributed by atoms with E-state index in [1.807, 2.05) is 13.0 Å². The van der Waals surface area contributed by atoms with Crippen LogP contribution in [0.3, 0.4) is 0 Å². The van der Waals surface area contributed by atoms with Crippen molar-refractivity contribution in [1.82, 2.24) is 19.6 Å². The van der Waals surface area contributed by atoms with Crippen LogP contribution in [0.5, 0.6) is 0 Å². The van der Waals surface area contributed by atoms with E-state index in [4.69, 9.17) is 5.11 Å². The summed E-state index contributed by atoms with van der Waals surface area (Å²) in [6.45, 7) is 2.66. The molecular weight excluding hydrogens is 374 g/mol. The maximum Gasteiger partial charge on any atom is 0.411 e. The van der Waals surface area contributed by atoms with Crippen LogP contribution in [0.1, 0.15) is 24.6 Å². The number of benzene rings is 1. The van der Waals surface area contributed by atoms with Crippen LogP contribution < -0.4 is 10.3 Å². The second-order valence-electron chi connectivity index (χ2n) is 6.54. The third kappa shape index (κ3) is 4.88. The highest BCUT2D eigenvalue weighted by atomic mass is 16.4. The molecular formula is C20H23N5O4. The van der Waals surface area contributed by atoms with Crippen molar-refractivity contribution in [3.8, 4) is 5.69 Å². The monoisotopic (exact) mass is 397 g/mol. The summed E-state index contributed by atoms with van der Waals surface area (Å²) in [4.78, 5) is 25.1. The Labute approximate surface area is 167 Å². The van der Waals surface area contributed by atoms with E-state index < -0.39 is 6.09 Å². The van der Waals surface area contributed by atoms with Crippen molar-refractivity contribution in [3.63, 3.8) is 0 Å². The van der Waals surface area contributed by atoms with Crippen LogP contribution in [0, 0.1) is 0 Å². The number of anilines is 1. The van der Waals surface area contributed by atoms with Gasteiger partial charge in [-0.25, -0.2) is 9.48 Å². The molecule has 0 saturated carbocycles. The summed E-state index contributed by atoms with van der Waals surface area (Å²) in [7, 11) is 0. The minimum Gasteiger partial charge on any atom is -0.465 e. The summed E-state index contributed by atoms with van der Waals surface area (Å²) in [5.74, 6) is 0. The number of carbonyl (C=O) groups is 1. The van der Waals surface area contributed by atoms with Gasteiger partial charge in [0, 0.05) is 30.9 Å². The fourth-order valence-corrected chi connectivity index (χ4v) is 3.00. The number of aromatic nitrogens is 4. The molecule has 2 N–H and O–H groups in total. The predicted molar refractivity (Wildman–Crippen MR) is 108 cm³/mol. The first-order valence-electron chi connectivity index (χ1n) is 9.33. The topological polar surface area (TPSA) is 113 Å². The zero-order valence-corrected chi connectivity index (χ0v) is 16.1. The minimum atomic E-state index is -1.01. The van der Waals surface area contributed by atoms with Gasteiger partial charge in [-0.05, 0) is 24.1 Å². The van der Waals surface area contributed by atoms with Crippen LogP contribution >= 0.6 is 0 Å². The van der Waals surface area contributed by atoms with Gasteiger partial charge in [-0.2, -0.15) is 10.2 Å². The maximum atomic E-state index is 12.3. The van der Waals surface area contributed by atoms with Gasteiger partial charge in [0.2, 0.25) is 5.43 Å². The third-order valence-corrected chi connectivity index (χ3v) is 4.37. The lowest BCUT2D eigenvalue weighted by Crippen LogP contribution is -2.29. The number of nitrogens with zero attached hydrogens (tertiary/aromatic N) is 5. The molecule has 2 heterocycles. The Morgan fingerprint density at radius 1 is 1.28 bits per heavy atom. The molecule has 0 aliphatic heterocycles. The zero-order valence-electron chi connectivity index (χ0n) is 16.1.